The molecule has 0 aliphatic carbocycles. The van der Waals surface area contributed by atoms with E-state index in [0.29, 0.717) is 6.42 Å². The van der Waals surface area contributed by atoms with Gasteiger partial charge in [-0.1, -0.05) is 172 Å². The Morgan fingerprint density at radius 3 is 1.43 bits per heavy atom. The van der Waals surface area contributed by atoms with Crippen molar-refractivity contribution in [2.45, 2.75) is 206 Å². The third-order valence-corrected chi connectivity index (χ3v) is 8.78. The highest BCUT2D eigenvalue weighted by molar-refractivity contribution is 5.76. The molecule has 2 unspecified atom stereocenters. The van der Waals surface area contributed by atoms with Crippen molar-refractivity contribution in [1.29, 1.82) is 0 Å². The van der Waals surface area contributed by atoms with Crippen LogP contribution in [0.5, 0.6) is 0 Å². The lowest BCUT2D eigenvalue weighted by molar-refractivity contribution is -0.123. The predicted octanol–water partition coefficient (Wildman–Crippen LogP) is 12.0. The van der Waals surface area contributed by atoms with E-state index in [0.717, 1.165) is 44.9 Å². The average molecular weight is 644 g/mol. The normalized spacial score (nSPS) is 13.6. The minimum absolute atomic E-state index is 0.0839. The van der Waals surface area contributed by atoms with Crippen LogP contribution in [0.2, 0.25) is 0 Å². The van der Waals surface area contributed by atoms with Gasteiger partial charge in [0.05, 0.1) is 18.8 Å². The molecule has 268 valence electrons. The summed E-state index contributed by atoms with van der Waals surface area (Å²) in [4.78, 5) is 12.3. The topological polar surface area (TPSA) is 69.6 Å². The van der Waals surface area contributed by atoms with E-state index in [2.05, 4.69) is 55.6 Å². The summed E-state index contributed by atoms with van der Waals surface area (Å²) < 4.78 is 0. The quantitative estimate of drug-likeness (QED) is 0.0475. The highest BCUT2D eigenvalue weighted by Crippen LogP contribution is 2.13. The molecule has 0 spiro atoms. The van der Waals surface area contributed by atoms with Gasteiger partial charge in [-0.3, -0.25) is 4.79 Å². The molecule has 0 heterocycles. The van der Waals surface area contributed by atoms with E-state index < -0.39 is 12.1 Å². The van der Waals surface area contributed by atoms with Crippen molar-refractivity contribution in [3.8, 4) is 0 Å². The van der Waals surface area contributed by atoms with Crippen molar-refractivity contribution in [3.63, 3.8) is 0 Å². The summed E-state index contributed by atoms with van der Waals surface area (Å²) in [5.74, 6) is -0.0839. The van der Waals surface area contributed by atoms with Gasteiger partial charge in [0, 0.05) is 6.42 Å². The second-order valence-electron chi connectivity index (χ2n) is 13.3. The maximum absolute atomic E-state index is 12.3. The maximum Gasteiger partial charge on any atom is 0.220 e. The van der Waals surface area contributed by atoms with Crippen LogP contribution in [-0.2, 0) is 4.79 Å². The molecule has 0 aromatic carbocycles. The van der Waals surface area contributed by atoms with Gasteiger partial charge in [0.2, 0.25) is 5.91 Å². The van der Waals surface area contributed by atoms with Gasteiger partial charge in [-0.15, -0.1) is 0 Å². The van der Waals surface area contributed by atoms with E-state index in [9.17, 15) is 15.0 Å². The zero-order valence-electron chi connectivity index (χ0n) is 30.6. The van der Waals surface area contributed by atoms with Crippen LogP contribution in [0.1, 0.15) is 194 Å². The molecule has 0 saturated heterocycles. The minimum Gasteiger partial charge on any atom is -0.394 e. The van der Waals surface area contributed by atoms with Crippen LogP contribution in [-0.4, -0.2) is 34.9 Å². The van der Waals surface area contributed by atoms with Crippen molar-refractivity contribution < 1.29 is 15.0 Å². The number of nitrogens with one attached hydrogen (secondary N) is 1. The van der Waals surface area contributed by atoms with E-state index in [-0.39, 0.29) is 12.5 Å². The molecule has 1 amide bonds. The second kappa shape index (κ2) is 37.8. The molecule has 0 rings (SSSR count). The van der Waals surface area contributed by atoms with E-state index in [1.165, 1.54) is 128 Å². The molecule has 46 heavy (non-hydrogen) atoms. The van der Waals surface area contributed by atoms with Crippen molar-refractivity contribution in [2.24, 2.45) is 0 Å². The highest BCUT2D eigenvalue weighted by atomic mass is 16.3. The fourth-order valence-corrected chi connectivity index (χ4v) is 5.69. The highest BCUT2D eigenvalue weighted by Gasteiger charge is 2.17. The Hall–Kier alpha value is -1.65. The molecule has 0 aromatic rings. The van der Waals surface area contributed by atoms with Crippen LogP contribution < -0.4 is 5.32 Å². The number of unbranched alkanes of at least 4 members (excludes halogenated alkanes) is 22. The Morgan fingerprint density at radius 1 is 0.522 bits per heavy atom. The number of aliphatic hydroxyl groups excluding tert-OH is 2. The lowest BCUT2D eigenvalue weighted by atomic mass is 10.1. The van der Waals surface area contributed by atoms with Crippen LogP contribution in [0.25, 0.3) is 0 Å². The maximum atomic E-state index is 12.3. The van der Waals surface area contributed by atoms with Gasteiger partial charge in [0.1, 0.15) is 0 Å². The number of carbonyl (C=O) groups is 1. The molecule has 0 aromatic heterocycles. The lowest BCUT2D eigenvalue weighted by Gasteiger charge is -2.19. The van der Waals surface area contributed by atoms with Gasteiger partial charge in [0.25, 0.3) is 0 Å². The predicted molar refractivity (Wildman–Crippen MR) is 202 cm³/mol. The Kier molecular flexibility index (Phi) is 36.4. The Morgan fingerprint density at radius 2 is 0.913 bits per heavy atom. The summed E-state index contributed by atoms with van der Waals surface area (Å²) in [6.07, 6.45) is 50.6. The monoisotopic (exact) mass is 644 g/mol. The largest absolute Gasteiger partial charge is 0.394 e. The molecule has 4 heteroatoms. The Labute approximate surface area is 286 Å². The molecule has 0 bridgehead atoms. The average Bonchev–Trinajstić information content (AvgIpc) is 3.06. The Balaban J connectivity index is 3.67. The molecule has 0 fully saturated rings. The van der Waals surface area contributed by atoms with Crippen molar-refractivity contribution in [1.82, 2.24) is 5.32 Å². The zero-order chi connectivity index (χ0) is 33.6. The smallest absolute Gasteiger partial charge is 0.220 e. The zero-order valence-corrected chi connectivity index (χ0v) is 30.6. The number of allylic oxidation sites excluding steroid dienone is 7. The molecule has 0 saturated carbocycles. The van der Waals surface area contributed by atoms with E-state index in [1.807, 2.05) is 6.08 Å². The summed E-state index contributed by atoms with van der Waals surface area (Å²) in [5, 5.41) is 22.9. The number of amides is 1. The van der Waals surface area contributed by atoms with Crippen LogP contribution in [0.3, 0.4) is 0 Å². The van der Waals surface area contributed by atoms with Gasteiger partial charge in [-0.05, 0) is 64.2 Å². The van der Waals surface area contributed by atoms with Gasteiger partial charge >= 0.3 is 0 Å². The third-order valence-electron chi connectivity index (χ3n) is 8.78. The Bertz CT molecular complexity index is 741. The lowest BCUT2D eigenvalue weighted by Crippen LogP contribution is -2.45. The fourth-order valence-electron chi connectivity index (χ4n) is 5.69. The first-order valence-corrected chi connectivity index (χ1v) is 19.9. The van der Waals surface area contributed by atoms with E-state index in [4.69, 9.17) is 0 Å². The summed E-state index contributed by atoms with van der Waals surface area (Å²) in [6.45, 7) is 4.26. The van der Waals surface area contributed by atoms with E-state index in [1.54, 1.807) is 6.08 Å². The van der Waals surface area contributed by atoms with Crippen LogP contribution in [0.15, 0.2) is 48.6 Å². The molecule has 2 atom stereocenters. The molecular weight excluding hydrogens is 566 g/mol. The summed E-state index contributed by atoms with van der Waals surface area (Å²) in [7, 11) is 0. The number of carbonyl (C=O) groups excluding carboxylic acids is 1. The molecule has 4 nitrogen and oxygen atoms in total. The first-order chi connectivity index (χ1) is 22.7. The van der Waals surface area contributed by atoms with Gasteiger partial charge in [0.15, 0.2) is 0 Å². The summed E-state index contributed by atoms with van der Waals surface area (Å²) in [5.41, 5.74) is 0. The van der Waals surface area contributed by atoms with Crippen molar-refractivity contribution in [2.75, 3.05) is 6.61 Å². The summed E-state index contributed by atoms with van der Waals surface area (Å²) in [6, 6.07) is -0.642. The van der Waals surface area contributed by atoms with Crippen LogP contribution in [0.4, 0.5) is 0 Å². The second-order valence-corrected chi connectivity index (χ2v) is 13.3. The van der Waals surface area contributed by atoms with Crippen molar-refractivity contribution in [3.05, 3.63) is 48.6 Å². The van der Waals surface area contributed by atoms with Crippen LogP contribution >= 0.6 is 0 Å². The number of hydrogen-bond donors (Lipinski definition) is 3. The molecule has 0 aliphatic rings. The standard InChI is InChI=1S/C42H77NO3/c1-3-5-7-9-11-13-15-17-19-21-23-25-27-29-31-33-35-37-41(45)40(39-44)43-42(46)38-36-34-32-30-28-26-24-22-20-18-16-14-12-10-8-6-4-2/h12,14,18,20,27,29,35,37,40-41,44-45H,3-11,13,15-17,19,21-26,28,30-34,36,38-39H2,1-2H3,(H,43,46)/b14-12-,20-18-,29-27+,37-35+. The fraction of sp³-hybridized carbons (Fsp3) is 0.786. The molecule has 0 radical (unpaired) electrons. The number of aliphatic hydroxyl groups is 2. The van der Waals surface area contributed by atoms with Gasteiger partial charge in [-0.25, -0.2) is 0 Å². The first kappa shape index (κ1) is 44.4. The van der Waals surface area contributed by atoms with E-state index >= 15 is 0 Å². The number of hydrogen-bond acceptors (Lipinski definition) is 3. The van der Waals surface area contributed by atoms with Gasteiger partial charge < -0.3 is 15.5 Å². The minimum atomic E-state index is -0.865. The third kappa shape index (κ3) is 33.7. The SMILES string of the molecule is CCCCC/C=C\C/C=C\CCCCCCCCCC(=O)NC(CO)C(O)/C=C/CC/C=C/CCCCCCCCCCCCC. The molecule has 0 aliphatic heterocycles. The molecular formula is C42H77NO3. The first-order valence-electron chi connectivity index (χ1n) is 19.9. The van der Waals surface area contributed by atoms with Crippen LogP contribution in [0, 0.1) is 0 Å². The van der Waals surface area contributed by atoms with Crippen molar-refractivity contribution >= 4 is 5.91 Å². The number of rotatable bonds is 35. The summed E-state index contributed by atoms with van der Waals surface area (Å²) >= 11 is 0. The van der Waals surface area contributed by atoms with Gasteiger partial charge in [-0.2, -0.15) is 0 Å². The molecule has 3 N–H and O–H groups in total.